The molecule has 2 rings (SSSR count). The number of aromatic nitrogens is 5. The normalized spacial score (nSPS) is 10.0. The van der Waals surface area contributed by atoms with Crippen molar-refractivity contribution in [3.05, 3.63) is 28.9 Å². The van der Waals surface area contributed by atoms with E-state index < -0.39 is 5.69 Å². The molecule has 2 aromatic heterocycles. The van der Waals surface area contributed by atoms with Gasteiger partial charge in [0.1, 0.15) is 5.82 Å². The van der Waals surface area contributed by atoms with Crippen LogP contribution in [0.5, 0.6) is 0 Å². The van der Waals surface area contributed by atoms with Crippen molar-refractivity contribution < 1.29 is 0 Å². The Morgan fingerprint density at radius 1 is 1.29 bits per heavy atom. The van der Waals surface area contributed by atoms with Crippen molar-refractivity contribution in [2.75, 3.05) is 5.73 Å². The predicted molar refractivity (Wildman–Crippen MR) is 48.1 cm³/mol. The topological polar surface area (TPSA) is 110 Å². The Morgan fingerprint density at radius 3 is 2.79 bits per heavy atom. The molecule has 2 aromatic rings. The number of H-pyrrole nitrogens is 1. The van der Waals surface area contributed by atoms with E-state index in [-0.39, 0.29) is 5.95 Å². The first-order chi connectivity index (χ1) is 6.75. The van der Waals surface area contributed by atoms with E-state index in [4.69, 9.17) is 5.73 Å². The van der Waals surface area contributed by atoms with Gasteiger partial charge < -0.3 is 5.73 Å². The molecule has 0 aromatic carbocycles. The standard InChI is InChI=1S/C7H6N6O/c8-6-11-5(12-7(14)13-6)4-1-2-9-10-3-4/h1-3H,(H3,8,11,12,13,14). The van der Waals surface area contributed by atoms with E-state index in [1.165, 1.54) is 12.4 Å². The molecule has 0 saturated heterocycles. The summed E-state index contributed by atoms with van der Waals surface area (Å²) in [5.41, 5.74) is 5.41. The van der Waals surface area contributed by atoms with Crippen LogP contribution >= 0.6 is 0 Å². The van der Waals surface area contributed by atoms with Gasteiger partial charge >= 0.3 is 5.69 Å². The van der Waals surface area contributed by atoms with Crippen LogP contribution in [0.25, 0.3) is 11.4 Å². The molecule has 0 atom stereocenters. The molecule has 0 aliphatic heterocycles. The van der Waals surface area contributed by atoms with Gasteiger partial charge in [0.15, 0.2) is 0 Å². The minimum atomic E-state index is -0.538. The number of nitrogens with zero attached hydrogens (tertiary/aromatic N) is 4. The maximum Gasteiger partial charge on any atom is 0.349 e. The van der Waals surface area contributed by atoms with Crippen molar-refractivity contribution >= 4 is 5.95 Å². The lowest BCUT2D eigenvalue weighted by Gasteiger charge is -1.98. The number of aromatic amines is 1. The summed E-state index contributed by atoms with van der Waals surface area (Å²) in [7, 11) is 0. The monoisotopic (exact) mass is 190 g/mol. The molecule has 70 valence electrons. The number of nitrogens with one attached hydrogen (secondary N) is 1. The molecular weight excluding hydrogens is 184 g/mol. The average molecular weight is 190 g/mol. The van der Waals surface area contributed by atoms with Crippen molar-refractivity contribution in [2.45, 2.75) is 0 Å². The summed E-state index contributed by atoms with van der Waals surface area (Å²) in [5.74, 6) is 0.262. The van der Waals surface area contributed by atoms with E-state index in [2.05, 4.69) is 25.1 Å². The van der Waals surface area contributed by atoms with Crippen molar-refractivity contribution in [1.82, 2.24) is 25.1 Å². The first-order valence-electron chi connectivity index (χ1n) is 3.76. The average Bonchev–Trinajstić information content (AvgIpc) is 2.18. The van der Waals surface area contributed by atoms with Crippen molar-refractivity contribution in [3.63, 3.8) is 0 Å². The molecule has 0 aliphatic rings. The Labute approximate surface area is 78.1 Å². The first kappa shape index (κ1) is 8.30. The van der Waals surface area contributed by atoms with Crippen LogP contribution in [0.15, 0.2) is 23.3 Å². The number of hydrogen-bond acceptors (Lipinski definition) is 6. The van der Waals surface area contributed by atoms with Gasteiger partial charge in [-0.2, -0.15) is 20.2 Å². The molecule has 2 heterocycles. The van der Waals surface area contributed by atoms with Crippen molar-refractivity contribution in [1.29, 1.82) is 0 Å². The van der Waals surface area contributed by atoms with Crippen LogP contribution in [0.4, 0.5) is 5.95 Å². The summed E-state index contributed by atoms with van der Waals surface area (Å²) in [6, 6.07) is 1.66. The fraction of sp³-hybridized carbons (Fsp3) is 0. The molecule has 0 aliphatic carbocycles. The summed E-state index contributed by atoms with van der Waals surface area (Å²) in [6.45, 7) is 0. The molecular formula is C7H6N6O. The third-order valence-corrected chi connectivity index (χ3v) is 1.53. The second-order valence-electron chi connectivity index (χ2n) is 2.49. The van der Waals surface area contributed by atoms with Crippen LogP contribution in [-0.4, -0.2) is 25.1 Å². The first-order valence-corrected chi connectivity index (χ1v) is 3.76. The predicted octanol–water partition coefficient (Wildman–Crippen LogP) is -0.796. The highest BCUT2D eigenvalue weighted by atomic mass is 16.1. The second-order valence-corrected chi connectivity index (χ2v) is 2.49. The van der Waals surface area contributed by atoms with Gasteiger partial charge in [-0.3, -0.25) is 4.98 Å². The maximum atomic E-state index is 11.0. The van der Waals surface area contributed by atoms with Crippen LogP contribution in [0.1, 0.15) is 0 Å². The molecule has 7 nitrogen and oxygen atoms in total. The third-order valence-electron chi connectivity index (χ3n) is 1.53. The quantitative estimate of drug-likeness (QED) is 0.609. The molecule has 0 fully saturated rings. The van der Waals surface area contributed by atoms with Crippen LogP contribution in [0.2, 0.25) is 0 Å². The minimum absolute atomic E-state index is 0.0689. The molecule has 0 bridgehead atoms. The van der Waals surface area contributed by atoms with Crippen LogP contribution in [0.3, 0.4) is 0 Å². The van der Waals surface area contributed by atoms with Gasteiger partial charge in [-0.05, 0) is 6.07 Å². The van der Waals surface area contributed by atoms with E-state index in [1.807, 2.05) is 0 Å². The fourth-order valence-electron chi connectivity index (χ4n) is 0.968. The Morgan fingerprint density at radius 2 is 2.14 bits per heavy atom. The highest BCUT2D eigenvalue weighted by Crippen LogP contribution is 2.09. The number of rotatable bonds is 1. The molecule has 7 heteroatoms. The van der Waals surface area contributed by atoms with Crippen LogP contribution in [-0.2, 0) is 0 Å². The Balaban J connectivity index is 2.58. The number of anilines is 1. The maximum absolute atomic E-state index is 11.0. The summed E-state index contributed by atoms with van der Waals surface area (Å²) in [6.07, 6.45) is 2.96. The molecule has 0 spiro atoms. The zero-order chi connectivity index (χ0) is 9.97. The van der Waals surface area contributed by atoms with E-state index >= 15 is 0 Å². The molecule has 0 unspecified atom stereocenters. The van der Waals surface area contributed by atoms with Gasteiger partial charge in [-0.25, -0.2) is 4.79 Å². The van der Waals surface area contributed by atoms with Gasteiger partial charge in [0.25, 0.3) is 0 Å². The molecule has 14 heavy (non-hydrogen) atoms. The van der Waals surface area contributed by atoms with E-state index in [1.54, 1.807) is 6.07 Å². The molecule has 0 amide bonds. The van der Waals surface area contributed by atoms with E-state index in [0.717, 1.165) is 0 Å². The van der Waals surface area contributed by atoms with Gasteiger partial charge in [-0.1, -0.05) is 0 Å². The zero-order valence-electron chi connectivity index (χ0n) is 7.01. The van der Waals surface area contributed by atoms with E-state index in [0.29, 0.717) is 11.4 Å². The van der Waals surface area contributed by atoms with Crippen molar-refractivity contribution in [3.8, 4) is 11.4 Å². The van der Waals surface area contributed by atoms with E-state index in [9.17, 15) is 4.79 Å². The number of hydrogen-bond donors (Lipinski definition) is 2. The Hall–Kier alpha value is -2.31. The van der Waals surface area contributed by atoms with Crippen molar-refractivity contribution in [2.24, 2.45) is 0 Å². The Kier molecular flexibility index (Phi) is 1.90. The molecule has 0 saturated carbocycles. The SMILES string of the molecule is Nc1nc(-c2ccnnc2)[nH]c(=O)n1. The smallest absolute Gasteiger partial charge is 0.349 e. The Bertz CT molecular complexity index is 493. The van der Waals surface area contributed by atoms with Crippen LogP contribution < -0.4 is 11.4 Å². The fourth-order valence-corrected chi connectivity index (χ4v) is 0.968. The minimum Gasteiger partial charge on any atom is -0.368 e. The van der Waals surface area contributed by atoms with Gasteiger partial charge in [0, 0.05) is 5.56 Å². The summed E-state index contributed by atoms with van der Waals surface area (Å²) < 4.78 is 0. The molecule has 0 radical (unpaired) electrons. The summed E-state index contributed by atoms with van der Waals surface area (Å²) in [4.78, 5) is 20.6. The highest BCUT2D eigenvalue weighted by molar-refractivity contribution is 5.52. The van der Waals surface area contributed by atoms with Gasteiger partial charge in [-0.15, -0.1) is 0 Å². The number of nitrogen functional groups attached to an aromatic ring is 1. The summed E-state index contributed by atoms with van der Waals surface area (Å²) >= 11 is 0. The largest absolute Gasteiger partial charge is 0.368 e. The van der Waals surface area contributed by atoms with Crippen LogP contribution in [0, 0.1) is 0 Å². The van der Waals surface area contributed by atoms with Gasteiger partial charge in [0.05, 0.1) is 12.4 Å². The number of nitrogens with two attached hydrogens (primary N) is 1. The van der Waals surface area contributed by atoms with Gasteiger partial charge in [0.2, 0.25) is 5.95 Å². The third kappa shape index (κ3) is 1.56. The lowest BCUT2D eigenvalue weighted by molar-refractivity contribution is 0.989. The zero-order valence-corrected chi connectivity index (χ0v) is 7.01. The highest BCUT2D eigenvalue weighted by Gasteiger charge is 2.02. The lowest BCUT2D eigenvalue weighted by Crippen LogP contribution is -2.15. The summed E-state index contributed by atoms with van der Waals surface area (Å²) in [5, 5.41) is 7.25. The second kappa shape index (κ2) is 3.21. The lowest BCUT2D eigenvalue weighted by atomic mass is 10.3. The molecule has 3 N–H and O–H groups in total.